The molecule has 2 aromatic rings. The van der Waals surface area contributed by atoms with Crippen molar-refractivity contribution in [3.8, 4) is 11.5 Å². The third-order valence-electron chi connectivity index (χ3n) is 6.84. The van der Waals surface area contributed by atoms with Crippen LogP contribution in [0.2, 0.25) is 0 Å². The van der Waals surface area contributed by atoms with Crippen LogP contribution in [0.25, 0.3) is 11.5 Å². The number of nitrogens with one attached hydrogen (secondary N) is 1. The Labute approximate surface area is 188 Å². The number of aryl methyl sites for hydroxylation is 1. The summed E-state index contributed by atoms with van der Waals surface area (Å²) in [4.78, 5) is 33.1. The summed E-state index contributed by atoms with van der Waals surface area (Å²) in [5, 5.41) is 0. The molecule has 1 fully saturated rings. The molecule has 0 spiro atoms. The lowest BCUT2D eigenvalue weighted by atomic mass is 9.64. The number of nitrogens with zero attached hydrogens (tertiary/aromatic N) is 1. The van der Waals surface area contributed by atoms with Crippen LogP contribution in [0.4, 0.5) is 0 Å². The molecule has 1 aliphatic heterocycles. The second-order valence-electron chi connectivity index (χ2n) is 9.39. The van der Waals surface area contributed by atoms with Gasteiger partial charge in [0.15, 0.2) is 0 Å². The minimum absolute atomic E-state index is 0.220. The molecule has 1 saturated heterocycles. The Morgan fingerprint density at radius 2 is 1.94 bits per heavy atom. The van der Waals surface area contributed by atoms with Gasteiger partial charge in [-0.2, -0.15) is 5.48 Å². The summed E-state index contributed by atoms with van der Waals surface area (Å²) >= 11 is 0. The molecular formula is C25H30N2O5. The zero-order chi connectivity index (χ0) is 22.9. The third kappa shape index (κ3) is 4.48. The second kappa shape index (κ2) is 8.54. The second-order valence-corrected chi connectivity index (χ2v) is 9.39. The average Bonchev–Trinajstić information content (AvgIpc) is 3.29. The zero-order valence-electron chi connectivity index (χ0n) is 19.0. The first-order chi connectivity index (χ1) is 15.2. The van der Waals surface area contributed by atoms with Crippen LogP contribution in [0.5, 0.6) is 0 Å². The molecule has 7 heteroatoms. The molecular weight excluding hydrogens is 408 g/mol. The summed E-state index contributed by atoms with van der Waals surface area (Å²) < 4.78 is 12.1. The molecule has 4 rings (SSSR count). The van der Waals surface area contributed by atoms with Gasteiger partial charge < -0.3 is 14.0 Å². The smallest absolute Gasteiger partial charge is 0.344 e. The van der Waals surface area contributed by atoms with E-state index in [1.54, 1.807) is 0 Å². The van der Waals surface area contributed by atoms with E-state index >= 15 is 0 Å². The molecule has 2 aliphatic rings. The maximum atomic E-state index is 11.9. The van der Waals surface area contributed by atoms with Crippen LogP contribution in [0, 0.1) is 24.2 Å². The van der Waals surface area contributed by atoms with Gasteiger partial charge >= 0.3 is 5.97 Å². The molecule has 1 N–H and O–H groups in total. The summed E-state index contributed by atoms with van der Waals surface area (Å²) in [7, 11) is 0. The molecule has 0 bridgehead atoms. The van der Waals surface area contributed by atoms with Crippen molar-refractivity contribution in [2.45, 2.75) is 52.6 Å². The standard InChI is InChI=1S/C25H30N2O5/c1-16-14-25(4,12-11-24(16,3)15-19-21(28)27-32-23(19)29)30-13-10-20-17(2)31-22(26-20)18-8-6-5-7-9-18/h5-9,11-12,16,19H,10,13-15H2,1-4H3,(H,27,28). The SMILES string of the molecule is Cc1oc(-c2ccccc2)nc1CCOC1(C)C=CC(C)(CC2C(=O)NOC2=O)C(C)C1. The van der Waals surface area contributed by atoms with E-state index in [2.05, 4.69) is 48.2 Å². The predicted molar refractivity (Wildman–Crippen MR) is 118 cm³/mol. The van der Waals surface area contributed by atoms with Gasteiger partial charge in [0.05, 0.1) is 17.9 Å². The highest BCUT2D eigenvalue weighted by Gasteiger charge is 2.46. The van der Waals surface area contributed by atoms with Crippen molar-refractivity contribution in [3.05, 3.63) is 53.9 Å². The van der Waals surface area contributed by atoms with Gasteiger partial charge in [-0.1, -0.05) is 44.2 Å². The lowest BCUT2D eigenvalue weighted by molar-refractivity contribution is -0.146. The normalized spacial score (nSPS) is 29.8. The number of hydrogen-bond acceptors (Lipinski definition) is 6. The fourth-order valence-corrected chi connectivity index (χ4v) is 4.53. The molecule has 170 valence electrons. The van der Waals surface area contributed by atoms with Crippen molar-refractivity contribution in [3.63, 3.8) is 0 Å². The Bertz CT molecular complexity index is 1010. The number of amides is 1. The van der Waals surface area contributed by atoms with E-state index in [-0.39, 0.29) is 17.2 Å². The summed E-state index contributed by atoms with van der Waals surface area (Å²) in [6.45, 7) is 8.73. The van der Waals surface area contributed by atoms with Gasteiger partial charge in [-0.05, 0) is 50.2 Å². The van der Waals surface area contributed by atoms with Crippen molar-refractivity contribution < 1.29 is 23.6 Å². The quantitative estimate of drug-likeness (QED) is 0.516. The monoisotopic (exact) mass is 438 g/mol. The number of hydroxylamine groups is 1. The fourth-order valence-electron chi connectivity index (χ4n) is 4.53. The first kappa shape index (κ1) is 22.3. The van der Waals surface area contributed by atoms with Gasteiger partial charge in [-0.15, -0.1) is 0 Å². The molecule has 7 nitrogen and oxygen atoms in total. The molecule has 4 unspecified atom stereocenters. The highest BCUT2D eigenvalue weighted by molar-refractivity contribution is 6.01. The van der Waals surface area contributed by atoms with Gasteiger partial charge in [0, 0.05) is 12.0 Å². The van der Waals surface area contributed by atoms with E-state index in [4.69, 9.17) is 9.15 Å². The number of carbonyl (C=O) groups excluding carboxylic acids is 2. The third-order valence-corrected chi connectivity index (χ3v) is 6.84. The maximum absolute atomic E-state index is 11.9. The van der Waals surface area contributed by atoms with E-state index in [1.165, 1.54) is 0 Å². The number of hydrogen-bond donors (Lipinski definition) is 1. The van der Waals surface area contributed by atoms with E-state index < -0.39 is 17.5 Å². The topological polar surface area (TPSA) is 90.7 Å². The van der Waals surface area contributed by atoms with Crippen molar-refractivity contribution in [2.24, 2.45) is 17.3 Å². The van der Waals surface area contributed by atoms with Crippen LogP contribution < -0.4 is 5.48 Å². The van der Waals surface area contributed by atoms with E-state index in [0.29, 0.717) is 25.3 Å². The molecule has 0 radical (unpaired) electrons. The molecule has 1 aliphatic carbocycles. The van der Waals surface area contributed by atoms with Crippen LogP contribution in [0.3, 0.4) is 0 Å². The molecule has 0 saturated carbocycles. The van der Waals surface area contributed by atoms with Gasteiger partial charge in [0.2, 0.25) is 5.89 Å². The Kier molecular flexibility index (Phi) is 5.95. The number of ether oxygens (including phenoxy) is 1. The van der Waals surface area contributed by atoms with Crippen LogP contribution >= 0.6 is 0 Å². The van der Waals surface area contributed by atoms with Gasteiger partial charge in [0.1, 0.15) is 11.7 Å². The van der Waals surface area contributed by atoms with Gasteiger partial charge in [-0.25, -0.2) is 9.78 Å². The fraction of sp³-hybridized carbons (Fsp3) is 0.480. The largest absolute Gasteiger partial charge is 0.441 e. The first-order valence-electron chi connectivity index (χ1n) is 11.1. The Morgan fingerprint density at radius 3 is 2.59 bits per heavy atom. The molecule has 32 heavy (non-hydrogen) atoms. The Hall–Kier alpha value is -2.93. The van der Waals surface area contributed by atoms with Gasteiger partial charge in [-0.3, -0.25) is 4.79 Å². The van der Waals surface area contributed by atoms with Crippen molar-refractivity contribution in [1.82, 2.24) is 10.5 Å². The number of benzene rings is 1. The maximum Gasteiger partial charge on any atom is 0.344 e. The highest BCUT2D eigenvalue weighted by atomic mass is 16.7. The van der Waals surface area contributed by atoms with Crippen LogP contribution in [-0.4, -0.2) is 29.1 Å². The Balaban J connectivity index is 1.37. The number of aromatic nitrogens is 1. The lowest BCUT2D eigenvalue weighted by Gasteiger charge is -2.43. The van der Waals surface area contributed by atoms with Gasteiger partial charge in [0.25, 0.3) is 5.91 Å². The number of rotatable bonds is 7. The average molecular weight is 439 g/mol. The summed E-state index contributed by atoms with van der Waals surface area (Å²) in [6, 6.07) is 9.85. The van der Waals surface area contributed by atoms with Crippen LogP contribution in [0.15, 0.2) is 46.9 Å². The summed E-state index contributed by atoms with van der Waals surface area (Å²) in [6.07, 6.45) is 6.03. The predicted octanol–water partition coefficient (Wildman–Crippen LogP) is 4.16. The first-order valence-corrected chi connectivity index (χ1v) is 11.1. The zero-order valence-corrected chi connectivity index (χ0v) is 19.0. The Morgan fingerprint density at radius 1 is 1.19 bits per heavy atom. The van der Waals surface area contributed by atoms with Crippen molar-refractivity contribution in [1.29, 1.82) is 0 Å². The minimum atomic E-state index is -0.758. The number of oxazole rings is 1. The van der Waals surface area contributed by atoms with Crippen LogP contribution in [0.1, 0.15) is 45.1 Å². The number of allylic oxidation sites excluding steroid dienone is 1. The highest BCUT2D eigenvalue weighted by Crippen LogP contribution is 2.45. The molecule has 1 amide bonds. The summed E-state index contributed by atoms with van der Waals surface area (Å²) in [5.74, 6) is 0.0298. The van der Waals surface area contributed by atoms with E-state index in [9.17, 15) is 9.59 Å². The van der Waals surface area contributed by atoms with E-state index in [1.807, 2.05) is 37.3 Å². The van der Waals surface area contributed by atoms with Crippen molar-refractivity contribution in [2.75, 3.05) is 6.61 Å². The number of carbonyl (C=O) groups is 2. The summed E-state index contributed by atoms with van der Waals surface area (Å²) in [5.41, 5.74) is 3.31. The van der Waals surface area contributed by atoms with Crippen molar-refractivity contribution >= 4 is 11.9 Å². The minimum Gasteiger partial charge on any atom is -0.441 e. The lowest BCUT2D eigenvalue weighted by Crippen LogP contribution is -2.41. The molecule has 1 aromatic carbocycles. The van der Waals surface area contributed by atoms with Crippen LogP contribution in [-0.2, 0) is 25.6 Å². The molecule has 2 heterocycles. The molecule has 1 aromatic heterocycles. The van der Waals surface area contributed by atoms with E-state index in [0.717, 1.165) is 23.4 Å². The molecule has 4 atom stereocenters.